The molecule has 0 aromatic rings. The number of nitrogens with one attached hydrogen (secondary N) is 2. The molecule has 7 nitrogen and oxygen atoms in total. The average molecular weight is 288 g/mol. The van der Waals surface area contributed by atoms with Gasteiger partial charge in [-0.15, -0.1) is 0 Å². The van der Waals surface area contributed by atoms with Gasteiger partial charge in [-0.2, -0.15) is 0 Å². The number of amides is 2. The van der Waals surface area contributed by atoms with Crippen molar-refractivity contribution in [2.75, 3.05) is 26.3 Å². The molecular formula is C13H24N2O5. The van der Waals surface area contributed by atoms with Crippen molar-refractivity contribution in [3.05, 3.63) is 0 Å². The van der Waals surface area contributed by atoms with Crippen molar-refractivity contribution < 1.29 is 23.9 Å². The number of rotatable bonds is 8. The van der Waals surface area contributed by atoms with E-state index in [1.165, 1.54) is 0 Å². The van der Waals surface area contributed by atoms with Gasteiger partial charge in [-0.05, 0) is 11.8 Å². The summed E-state index contributed by atoms with van der Waals surface area (Å²) in [5.74, 6) is -0.514. The topological polar surface area (TPSA) is 93.7 Å². The Morgan fingerprint density at radius 2 is 1.40 bits per heavy atom. The van der Waals surface area contributed by atoms with E-state index in [2.05, 4.69) is 10.6 Å². The molecule has 0 aliphatic heterocycles. The van der Waals surface area contributed by atoms with Crippen molar-refractivity contribution in [3.8, 4) is 0 Å². The summed E-state index contributed by atoms with van der Waals surface area (Å²) in [5, 5.41) is 4.63. The minimum atomic E-state index is -0.656. The van der Waals surface area contributed by atoms with Gasteiger partial charge in [0, 0.05) is 0 Å². The maximum Gasteiger partial charge on any atom is 0.407 e. The maximum absolute atomic E-state index is 11.3. The zero-order chi connectivity index (χ0) is 15.5. The normalized spacial score (nSPS) is 10.3. The third-order valence-corrected chi connectivity index (χ3v) is 1.95. The van der Waals surface area contributed by atoms with Crippen LogP contribution in [0.5, 0.6) is 0 Å². The summed E-state index contributed by atoms with van der Waals surface area (Å²) >= 11 is 0. The molecule has 0 aliphatic rings. The van der Waals surface area contributed by atoms with E-state index in [1.54, 1.807) is 0 Å². The molecule has 0 fully saturated rings. The monoisotopic (exact) mass is 288 g/mol. The van der Waals surface area contributed by atoms with Crippen LogP contribution in [-0.4, -0.2) is 44.3 Å². The van der Waals surface area contributed by atoms with Crippen LogP contribution in [0.15, 0.2) is 0 Å². The van der Waals surface area contributed by atoms with Crippen LogP contribution in [0, 0.1) is 11.8 Å². The molecule has 0 aliphatic carbocycles. The predicted molar refractivity (Wildman–Crippen MR) is 73.0 cm³/mol. The lowest BCUT2D eigenvalue weighted by atomic mass is 10.2. The summed E-state index contributed by atoms with van der Waals surface area (Å²) in [6.45, 7) is 7.79. The van der Waals surface area contributed by atoms with Crippen LogP contribution in [0.1, 0.15) is 27.7 Å². The maximum atomic E-state index is 11.3. The Morgan fingerprint density at radius 1 is 0.850 bits per heavy atom. The van der Waals surface area contributed by atoms with E-state index in [9.17, 15) is 14.4 Å². The molecule has 0 heterocycles. The first-order chi connectivity index (χ1) is 9.31. The lowest BCUT2D eigenvalue weighted by Crippen LogP contribution is -2.39. The van der Waals surface area contributed by atoms with E-state index in [0.717, 1.165) is 0 Å². The molecule has 0 aromatic heterocycles. The first-order valence-electron chi connectivity index (χ1n) is 6.64. The van der Waals surface area contributed by atoms with Crippen molar-refractivity contribution in [1.29, 1.82) is 0 Å². The molecule has 0 spiro atoms. The van der Waals surface area contributed by atoms with Crippen LogP contribution in [0.25, 0.3) is 0 Å². The van der Waals surface area contributed by atoms with E-state index >= 15 is 0 Å². The number of esters is 1. The molecule has 0 radical (unpaired) electrons. The Labute approximate surface area is 119 Å². The lowest BCUT2D eigenvalue weighted by molar-refractivity contribution is -0.144. The summed E-state index contributed by atoms with van der Waals surface area (Å²) < 4.78 is 9.70. The number of hydrogen-bond donors (Lipinski definition) is 2. The molecular weight excluding hydrogens is 264 g/mol. The first-order valence-corrected chi connectivity index (χ1v) is 6.64. The summed E-state index contributed by atoms with van der Waals surface area (Å²) in [6, 6.07) is 0. The SMILES string of the molecule is CC(C)COC(=O)CNC(=O)CNC(=O)OCC(C)C. The van der Waals surface area contributed by atoms with Crippen LogP contribution >= 0.6 is 0 Å². The highest BCUT2D eigenvalue weighted by atomic mass is 16.5. The third-order valence-electron chi connectivity index (χ3n) is 1.95. The fraction of sp³-hybridized carbons (Fsp3) is 0.769. The standard InChI is InChI=1S/C13H24N2O5/c1-9(2)7-19-12(17)6-14-11(16)5-15-13(18)20-8-10(3)4/h9-10H,5-8H2,1-4H3,(H,14,16)(H,15,18). The average Bonchev–Trinajstić information content (AvgIpc) is 2.37. The molecule has 0 aromatic carbocycles. The number of carbonyl (C=O) groups excluding carboxylic acids is 3. The number of hydrogen-bond acceptors (Lipinski definition) is 5. The summed E-state index contributed by atoms with van der Waals surface area (Å²) in [4.78, 5) is 33.7. The van der Waals surface area contributed by atoms with Gasteiger partial charge < -0.3 is 20.1 Å². The highest BCUT2D eigenvalue weighted by Gasteiger charge is 2.09. The number of carbonyl (C=O) groups is 3. The fourth-order valence-electron chi connectivity index (χ4n) is 0.990. The summed E-state index contributed by atoms with van der Waals surface area (Å²) in [5.41, 5.74) is 0. The van der Waals surface area contributed by atoms with Crippen molar-refractivity contribution in [2.24, 2.45) is 11.8 Å². The van der Waals surface area contributed by atoms with Gasteiger partial charge in [-0.1, -0.05) is 27.7 Å². The largest absolute Gasteiger partial charge is 0.464 e. The minimum Gasteiger partial charge on any atom is -0.464 e. The highest BCUT2D eigenvalue weighted by Crippen LogP contribution is 1.93. The van der Waals surface area contributed by atoms with E-state index < -0.39 is 18.0 Å². The van der Waals surface area contributed by atoms with Crippen molar-refractivity contribution in [2.45, 2.75) is 27.7 Å². The number of alkyl carbamates (subject to hydrolysis) is 1. The van der Waals surface area contributed by atoms with Gasteiger partial charge in [0.1, 0.15) is 13.1 Å². The van der Waals surface area contributed by atoms with Crippen LogP contribution in [-0.2, 0) is 19.1 Å². The zero-order valence-corrected chi connectivity index (χ0v) is 12.5. The third kappa shape index (κ3) is 11.3. The molecule has 116 valence electrons. The fourth-order valence-corrected chi connectivity index (χ4v) is 0.990. The van der Waals surface area contributed by atoms with Crippen molar-refractivity contribution in [3.63, 3.8) is 0 Å². The molecule has 20 heavy (non-hydrogen) atoms. The van der Waals surface area contributed by atoms with Gasteiger partial charge in [0.15, 0.2) is 0 Å². The van der Waals surface area contributed by atoms with Crippen LogP contribution in [0.3, 0.4) is 0 Å². The first kappa shape index (κ1) is 18.2. The Bertz CT molecular complexity index is 299. The van der Waals surface area contributed by atoms with Gasteiger partial charge in [-0.3, -0.25) is 9.59 Å². The molecule has 2 N–H and O–H groups in total. The Balaban J connectivity index is 3.68. The second-order valence-electron chi connectivity index (χ2n) is 5.20. The predicted octanol–water partition coefficient (Wildman–Crippen LogP) is 0.684. The van der Waals surface area contributed by atoms with Gasteiger partial charge in [0.05, 0.1) is 13.2 Å². The summed E-state index contributed by atoms with van der Waals surface area (Å²) in [6.07, 6.45) is -0.656. The Hall–Kier alpha value is -1.79. The Morgan fingerprint density at radius 3 is 1.95 bits per heavy atom. The summed E-state index contributed by atoms with van der Waals surface area (Å²) in [7, 11) is 0. The Kier molecular flexibility index (Phi) is 9.15. The molecule has 0 atom stereocenters. The van der Waals surface area contributed by atoms with Crippen LogP contribution in [0.2, 0.25) is 0 Å². The van der Waals surface area contributed by atoms with Crippen molar-refractivity contribution in [1.82, 2.24) is 10.6 Å². The van der Waals surface area contributed by atoms with Gasteiger partial charge in [0.25, 0.3) is 0 Å². The molecule has 0 rings (SSSR count). The van der Waals surface area contributed by atoms with Crippen molar-refractivity contribution >= 4 is 18.0 Å². The molecule has 2 amide bonds. The van der Waals surface area contributed by atoms with E-state index in [1.807, 2.05) is 27.7 Å². The van der Waals surface area contributed by atoms with Gasteiger partial charge >= 0.3 is 12.1 Å². The molecule has 0 bridgehead atoms. The molecule has 0 saturated heterocycles. The zero-order valence-electron chi connectivity index (χ0n) is 12.5. The smallest absolute Gasteiger partial charge is 0.407 e. The minimum absolute atomic E-state index is 0.214. The quantitative estimate of drug-likeness (QED) is 0.641. The van der Waals surface area contributed by atoms with E-state index in [0.29, 0.717) is 6.61 Å². The molecule has 0 unspecified atom stereocenters. The molecule has 7 heteroatoms. The van der Waals surface area contributed by atoms with Gasteiger partial charge in [-0.25, -0.2) is 4.79 Å². The number of ether oxygens (including phenoxy) is 2. The lowest BCUT2D eigenvalue weighted by Gasteiger charge is -2.10. The van der Waals surface area contributed by atoms with Gasteiger partial charge in [0.2, 0.25) is 5.91 Å². The van der Waals surface area contributed by atoms with E-state index in [4.69, 9.17) is 9.47 Å². The second-order valence-corrected chi connectivity index (χ2v) is 5.20. The van der Waals surface area contributed by atoms with E-state index in [-0.39, 0.29) is 31.5 Å². The van der Waals surface area contributed by atoms with Crippen LogP contribution in [0.4, 0.5) is 4.79 Å². The van der Waals surface area contributed by atoms with Crippen LogP contribution < -0.4 is 10.6 Å². The highest BCUT2D eigenvalue weighted by molar-refractivity contribution is 5.85. The second kappa shape index (κ2) is 10.1. The molecule has 0 saturated carbocycles.